The molecule has 0 fully saturated rings. The maximum atomic E-state index is 6.10. The van der Waals surface area contributed by atoms with Gasteiger partial charge in [-0.05, 0) is 43.2 Å². The van der Waals surface area contributed by atoms with Crippen LogP contribution in [-0.2, 0) is 0 Å². The number of rotatable bonds is 6. The van der Waals surface area contributed by atoms with Gasteiger partial charge < -0.3 is 4.74 Å². The van der Waals surface area contributed by atoms with Gasteiger partial charge in [-0.25, -0.2) is 0 Å². The van der Waals surface area contributed by atoms with Gasteiger partial charge in [0.25, 0.3) is 0 Å². The SMILES string of the molecule is Cc1cccc(C(CCl)CCOc2ccc(Br)cc2)c1. The zero-order valence-corrected chi connectivity index (χ0v) is 13.8. The van der Waals surface area contributed by atoms with E-state index in [9.17, 15) is 0 Å². The first-order chi connectivity index (χ1) is 9.69. The van der Waals surface area contributed by atoms with Gasteiger partial charge in [0.1, 0.15) is 5.75 Å². The van der Waals surface area contributed by atoms with Crippen LogP contribution in [-0.4, -0.2) is 12.5 Å². The summed E-state index contributed by atoms with van der Waals surface area (Å²) in [4.78, 5) is 0. The van der Waals surface area contributed by atoms with Crippen molar-refractivity contribution in [1.29, 1.82) is 0 Å². The second-order valence-corrected chi connectivity index (χ2v) is 6.08. The molecule has 0 saturated heterocycles. The van der Waals surface area contributed by atoms with Crippen LogP contribution < -0.4 is 4.74 Å². The highest BCUT2D eigenvalue weighted by Crippen LogP contribution is 2.23. The number of hydrogen-bond acceptors (Lipinski definition) is 1. The minimum absolute atomic E-state index is 0.340. The maximum Gasteiger partial charge on any atom is 0.119 e. The number of benzene rings is 2. The molecule has 2 aromatic rings. The molecule has 2 aromatic carbocycles. The van der Waals surface area contributed by atoms with Gasteiger partial charge in [0.05, 0.1) is 6.61 Å². The van der Waals surface area contributed by atoms with E-state index in [2.05, 4.69) is 47.1 Å². The van der Waals surface area contributed by atoms with Crippen LogP contribution in [0.4, 0.5) is 0 Å². The highest BCUT2D eigenvalue weighted by molar-refractivity contribution is 9.10. The van der Waals surface area contributed by atoms with E-state index in [0.29, 0.717) is 18.4 Å². The Labute approximate surface area is 134 Å². The molecule has 1 nitrogen and oxygen atoms in total. The van der Waals surface area contributed by atoms with E-state index in [-0.39, 0.29) is 0 Å². The van der Waals surface area contributed by atoms with Crippen molar-refractivity contribution >= 4 is 27.5 Å². The number of alkyl halides is 1. The second-order valence-electron chi connectivity index (χ2n) is 4.86. The molecule has 0 radical (unpaired) electrons. The summed E-state index contributed by atoms with van der Waals surface area (Å²) in [6.07, 6.45) is 0.920. The normalized spacial score (nSPS) is 12.2. The molecule has 3 heteroatoms. The molecule has 1 unspecified atom stereocenters. The van der Waals surface area contributed by atoms with E-state index >= 15 is 0 Å². The molecular formula is C17H18BrClO. The molecule has 0 N–H and O–H groups in total. The predicted octanol–water partition coefficient (Wildman–Crippen LogP) is 5.55. The molecular weight excluding hydrogens is 336 g/mol. The molecule has 0 bridgehead atoms. The van der Waals surface area contributed by atoms with Crippen molar-refractivity contribution in [2.75, 3.05) is 12.5 Å². The van der Waals surface area contributed by atoms with Crippen LogP contribution in [0.5, 0.6) is 5.75 Å². The average molecular weight is 354 g/mol. The summed E-state index contributed by atoms with van der Waals surface area (Å²) in [5.74, 6) is 1.85. The van der Waals surface area contributed by atoms with Crippen LogP contribution in [0, 0.1) is 6.92 Å². The summed E-state index contributed by atoms with van der Waals surface area (Å²) in [6, 6.07) is 16.4. The maximum absolute atomic E-state index is 6.10. The van der Waals surface area contributed by atoms with Crippen LogP contribution in [0.1, 0.15) is 23.5 Å². The third kappa shape index (κ3) is 4.53. The van der Waals surface area contributed by atoms with Crippen molar-refractivity contribution in [3.63, 3.8) is 0 Å². The summed E-state index contributed by atoms with van der Waals surface area (Å²) >= 11 is 9.51. The van der Waals surface area contributed by atoms with E-state index in [4.69, 9.17) is 16.3 Å². The Bertz CT molecular complexity index is 539. The number of hydrogen-bond donors (Lipinski definition) is 0. The van der Waals surface area contributed by atoms with Crippen LogP contribution >= 0.6 is 27.5 Å². The molecule has 0 aliphatic carbocycles. The van der Waals surface area contributed by atoms with Crippen molar-refractivity contribution in [3.05, 3.63) is 64.1 Å². The summed E-state index contributed by atoms with van der Waals surface area (Å²) in [6.45, 7) is 2.78. The Kier molecular flexibility index (Phi) is 5.93. The molecule has 106 valence electrons. The first-order valence-electron chi connectivity index (χ1n) is 6.70. The average Bonchev–Trinajstić information content (AvgIpc) is 2.45. The van der Waals surface area contributed by atoms with Crippen LogP contribution in [0.3, 0.4) is 0 Å². The molecule has 0 aliphatic rings. The second kappa shape index (κ2) is 7.70. The molecule has 2 rings (SSSR count). The zero-order valence-electron chi connectivity index (χ0n) is 11.5. The first-order valence-corrected chi connectivity index (χ1v) is 8.02. The molecule has 0 amide bonds. The Balaban J connectivity index is 1.89. The third-order valence-electron chi connectivity index (χ3n) is 3.25. The minimum Gasteiger partial charge on any atom is -0.494 e. The largest absolute Gasteiger partial charge is 0.494 e. The lowest BCUT2D eigenvalue weighted by Crippen LogP contribution is -2.07. The Morgan fingerprint density at radius 3 is 2.55 bits per heavy atom. The fraction of sp³-hybridized carbons (Fsp3) is 0.294. The zero-order chi connectivity index (χ0) is 14.4. The smallest absolute Gasteiger partial charge is 0.119 e. The summed E-state index contributed by atoms with van der Waals surface area (Å²) < 4.78 is 6.82. The van der Waals surface area contributed by atoms with Crippen LogP contribution in [0.15, 0.2) is 53.0 Å². The lowest BCUT2D eigenvalue weighted by atomic mass is 9.96. The monoisotopic (exact) mass is 352 g/mol. The lowest BCUT2D eigenvalue weighted by Gasteiger charge is -2.15. The summed E-state index contributed by atoms with van der Waals surface area (Å²) in [7, 11) is 0. The van der Waals surface area contributed by atoms with E-state index in [1.807, 2.05) is 24.3 Å². The standard InChI is InChI=1S/C17H18BrClO/c1-13-3-2-4-14(11-13)15(12-19)9-10-20-17-7-5-16(18)6-8-17/h2-8,11,15H,9-10,12H2,1H3. The van der Waals surface area contributed by atoms with Crippen molar-refractivity contribution in [2.45, 2.75) is 19.3 Å². The molecule has 0 aromatic heterocycles. The van der Waals surface area contributed by atoms with Gasteiger partial charge in [-0.3, -0.25) is 0 Å². The van der Waals surface area contributed by atoms with Crippen LogP contribution in [0.2, 0.25) is 0 Å². The summed E-state index contributed by atoms with van der Waals surface area (Å²) in [5, 5.41) is 0. The van der Waals surface area contributed by atoms with Crippen LogP contribution in [0.25, 0.3) is 0 Å². The van der Waals surface area contributed by atoms with E-state index in [1.165, 1.54) is 11.1 Å². The molecule has 0 saturated carbocycles. The molecule has 1 atom stereocenters. The minimum atomic E-state index is 0.340. The lowest BCUT2D eigenvalue weighted by molar-refractivity contribution is 0.301. The van der Waals surface area contributed by atoms with Gasteiger partial charge in [0, 0.05) is 16.3 Å². The topological polar surface area (TPSA) is 9.23 Å². The quantitative estimate of drug-likeness (QED) is 0.619. The van der Waals surface area contributed by atoms with Gasteiger partial charge in [0.15, 0.2) is 0 Å². The number of aryl methyl sites for hydroxylation is 1. The van der Waals surface area contributed by atoms with Gasteiger partial charge in [-0.15, -0.1) is 11.6 Å². The molecule has 0 spiro atoms. The third-order valence-corrected chi connectivity index (χ3v) is 4.15. The van der Waals surface area contributed by atoms with Crippen molar-refractivity contribution in [2.24, 2.45) is 0 Å². The Hall–Kier alpha value is -0.990. The van der Waals surface area contributed by atoms with E-state index in [1.54, 1.807) is 0 Å². The van der Waals surface area contributed by atoms with Crippen molar-refractivity contribution in [3.8, 4) is 5.75 Å². The first kappa shape index (κ1) is 15.4. The van der Waals surface area contributed by atoms with Crippen molar-refractivity contribution < 1.29 is 4.74 Å². The Morgan fingerprint density at radius 2 is 1.90 bits per heavy atom. The number of ether oxygens (including phenoxy) is 1. The van der Waals surface area contributed by atoms with Gasteiger partial charge in [-0.2, -0.15) is 0 Å². The molecule has 20 heavy (non-hydrogen) atoms. The van der Waals surface area contributed by atoms with Gasteiger partial charge >= 0.3 is 0 Å². The van der Waals surface area contributed by atoms with E-state index < -0.39 is 0 Å². The fourth-order valence-electron chi connectivity index (χ4n) is 2.11. The van der Waals surface area contributed by atoms with Gasteiger partial charge in [0.2, 0.25) is 0 Å². The highest BCUT2D eigenvalue weighted by atomic mass is 79.9. The number of halogens is 2. The predicted molar refractivity (Wildman–Crippen MR) is 88.9 cm³/mol. The molecule has 0 heterocycles. The summed E-state index contributed by atoms with van der Waals surface area (Å²) in [5.41, 5.74) is 2.56. The molecule has 0 aliphatic heterocycles. The fourth-order valence-corrected chi connectivity index (χ4v) is 2.70. The highest BCUT2D eigenvalue weighted by Gasteiger charge is 2.10. The van der Waals surface area contributed by atoms with E-state index in [0.717, 1.165) is 16.6 Å². The van der Waals surface area contributed by atoms with Crippen molar-refractivity contribution in [1.82, 2.24) is 0 Å². The Morgan fingerprint density at radius 1 is 1.15 bits per heavy atom. The van der Waals surface area contributed by atoms with Gasteiger partial charge in [-0.1, -0.05) is 45.8 Å².